The molecule has 1 aliphatic rings. The van der Waals surface area contributed by atoms with Crippen molar-refractivity contribution in [2.75, 3.05) is 9.21 Å². The number of sulfonamides is 1. The molecule has 154 valence electrons. The van der Waals surface area contributed by atoms with Gasteiger partial charge in [-0.2, -0.15) is 4.31 Å². The van der Waals surface area contributed by atoms with Crippen LogP contribution in [0, 0.1) is 5.82 Å². The standard InChI is InChI=1S/C23H21FN2O3S/c1-16(2)18-9-13-20(14-10-18)26-23(27)25(15-17-7-11-19(24)12-8-17)21-5-3-4-6-22(21)30(26,28)29/h3-14,16H,15H2,1-2H3. The van der Waals surface area contributed by atoms with Gasteiger partial charge in [0.15, 0.2) is 0 Å². The SMILES string of the molecule is CC(C)c1ccc(N2C(=O)N(Cc3ccc(F)cc3)c3ccccc3S2(=O)=O)cc1. The monoisotopic (exact) mass is 424 g/mol. The smallest absolute Gasteiger partial charge is 0.287 e. The van der Waals surface area contributed by atoms with Crippen LogP contribution in [0.5, 0.6) is 0 Å². The second-order valence-electron chi connectivity index (χ2n) is 7.48. The van der Waals surface area contributed by atoms with E-state index in [9.17, 15) is 17.6 Å². The van der Waals surface area contributed by atoms with Crippen LogP contribution in [0.15, 0.2) is 77.7 Å². The number of urea groups is 1. The van der Waals surface area contributed by atoms with Crippen molar-refractivity contribution in [2.24, 2.45) is 0 Å². The molecule has 0 fully saturated rings. The quantitative estimate of drug-likeness (QED) is 0.572. The molecule has 0 saturated carbocycles. The number of halogens is 1. The van der Waals surface area contributed by atoms with E-state index < -0.39 is 16.1 Å². The van der Waals surface area contributed by atoms with Crippen molar-refractivity contribution in [3.8, 4) is 0 Å². The van der Waals surface area contributed by atoms with Crippen LogP contribution in [0.1, 0.15) is 30.9 Å². The van der Waals surface area contributed by atoms with Crippen LogP contribution in [0.4, 0.5) is 20.6 Å². The Hall–Kier alpha value is -3.19. The summed E-state index contributed by atoms with van der Waals surface area (Å²) in [5.41, 5.74) is 2.32. The molecule has 0 unspecified atom stereocenters. The summed E-state index contributed by atoms with van der Waals surface area (Å²) in [7, 11) is -4.07. The first-order chi connectivity index (χ1) is 14.3. The molecule has 0 aliphatic carbocycles. The molecular formula is C23H21FN2O3S. The predicted octanol–water partition coefficient (Wildman–Crippen LogP) is 5.28. The minimum Gasteiger partial charge on any atom is -0.287 e. The largest absolute Gasteiger partial charge is 0.343 e. The number of benzene rings is 3. The normalized spacial score (nSPS) is 15.4. The molecule has 5 nitrogen and oxygen atoms in total. The lowest BCUT2D eigenvalue weighted by Crippen LogP contribution is -2.50. The molecule has 0 bridgehead atoms. The fraction of sp³-hybridized carbons (Fsp3) is 0.174. The molecule has 7 heteroatoms. The average molecular weight is 424 g/mol. The van der Waals surface area contributed by atoms with E-state index in [4.69, 9.17) is 0 Å². The van der Waals surface area contributed by atoms with E-state index in [0.717, 1.165) is 9.87 Å². The molecular weight excluding hydrogens is 403 g/mol. The van der Waals surface area contributed by atoms with Gasteiger partial charge in [-0.15, -0.1) is 0 Å². The molecule has 0 saturated heterocycles. The second kappa shape index (κ2) is 7.57. The van der Waals surface area contributed by atoms with E-state index in [2.05, 4.69) is 0 Å². The number of amides is 2. The Labute approximate surface area is 175 Å². The van der Waals surface area contributed by atoms with Crippen molar-refractivity contribution in [3.63, 3.8) is 0 Å². The number of carbonyl (C=O) groups is 1. The summed E-state index contributed by atoms with van der Waals surface area (Å²) in [4.78, 5) is 14.9. The van der Waals surface area contributed by atoms with Crippen molar-refractivity contribution < 1.29 is 17.6 Å². The Morgan fingerprint density at radius 3 is 2.17 bits per heavy atom. The third-order valence-electron chi connectivity index (χ3n) is 5.13. The molecule has 0 radical (unpaired) electrons. The maximum Gasteiger partial charge on any atom is 0.343 e. The number of nitrogens with zero attached hydrogens (tertiary/aromatic N) is 2. The first kappa shape index (κ1) is 20.1. The number of rotatable bonds is 4. The van der Waals surface area contributed by atoms with Crippen LogP contribution < -0.4 is 9.21 Å². The Morgan fingerprint density at radius 2 is 1.53 bits per heavy atom. The zero-order valence-electron chi connectivity index (χ0n) is 16.6. The minimum atomic E-state index is -4.07. The Morgan fingerprint density at radius 1 is 0.900 bits per heavy atom. The third kappa shape index (κ3) is 3.45. The molecule has 1 aliphatic heterocycles. The highest BCUT2D eigenvalue weighted by Crippen LogP contribution is 2.38. The summed E-state index contributed by atoms with van der Waals surface area (Å²) in [6.45, 7) is 4.20. The van der Waals surface area contributed by atoms with Crippen LogP contribution >= 0.6 is 0 Å². The van der Waals surface area contributed by atoms with E-state index in [1.807, 2.05) is 26.0 Å². The number of anilines is 2. The first-order valence-corrected chi connectivity index (χ1v) is 11.0. The van der Waals surface area contributed by atoms with Crippen molar-refractivity contribution >= 4 is 27.4 Å². The number of carbonyl (C=O) groups excluding carboxylic acids is 1. The van der Waals surface area contributed by atoms with Gasteiger partial charge in [0, 0.05) is 0 Å². The van der Waals surface area contributed by atoms with Gasteiger partial charge < -0.3 is 0 Å². The lowest BCUT2D eigenvalue weighted by atomic mass is 10.0. The van der Waals surface area contributed by atoms with Crippen LogP contribution in [0.25, 0.3) is 0 Å². The van der Waals surface area contributed by atoms with Crippen molar-refractivity contribution in [3.05, 3.63) is 89.7 Å². The maximum atomic E-state index is 13.4. The maximum absolute atomic E-state index is 13.4. The number of hydrogen-bond donors (Lipinski definition) is 0. The Bertz CT molecular complexity index is 1190. The van der Waals surface area contributed by atoms with Crippen molar-refractivity contribution in [2.45, 2.75) is 31.2 Å². The van der Waals surface area contributed by atoms with E-state index in [1.165, 1.54) is 23.1 Å². The van der Waals surface area contributed by atoms with Gasteiger partial charge in [0.1, 0.15) is 10.7 Å². The summed E-state index contributed by atoms with van der Waals surface area (Å²) in [6, 6.07) is 18.5. The average Bonchev–Trinajstić information content (AvgIpc) is 2.73. The van der Waals surface area contributed by atoms with Crippen LogP contribution in [-0.2, 0) is 16.6 Å². The minimum absolute atomic E-state index is 0.0552. The summed E-state index contributed by atoms with van der Waals surface area (Å²) >= 11 is 0. The summed E-state index contributed by atoms with van der Waals surface area (Å²) in [6.07, 6.45) is 0. The molecule has 0 atom stereocenters. The van der Waals surface area contributed by atoms with Gasteiger partial charge >= 0.3 is 6.03 Å². The molecule has 2 amide bonds. The van der Waals surface area contributed by atoms with E-state index >= 15 is 0 Å². The van der Waals surface area contributed by atoms with Crippen LogP contribution in [-0.4, -0.2) is 14.4 Å². The topological polar surface area (TPSA) is 57.7 Å². The third-order valence-corrected chi connectivity index (χ3v) is 6.88. The highest BCUT2D eigenvalue weighted by atomic mass is 32.2. The number of fused-ring (bicyclic) bond motifs is 1. The number of para-hydroxylation sites is 1. The van der Waals surface area contributed by atoms with Crippen molar-refractivity contribution in [1.82, 2.24) is 0 Å². The van der Waals surface area contributed by atoms with Gasteiger partial charge in [-0.25, -0.2) is 17.6 Å². The molecule has 30 heavy (non-hydrogen) atoms. The lowest BCUT2D eigenvalue weighted by molar-refractivity contribution is 0.253. The molecule has 3 aromatic rings. The molecule has 0 aromatic heterocycles. The summed E-state index contributed by atoms with van der Waals surface area (Å²) in [5.74, 6) is -0.0954. The molecule has 1 heterocycles. The van der Waals surface area contributed by atoms with Crippen molar-refractivity contribution in [1.29, 1.82) is 0 Å². The van der Waals surface area contributed by atoms with Gasteiger partial charge in [-0.1, -0.05) is 50.2 Å². The predicted molar refractivity (Wildman–Crippen MR) is 115 cm³/mol. The fourth-order valence-electron chi connectivity index (χ4n) is 3.48. The highest BCUT2D eigenvalue weighted by molar-refractivity contribution is 7.94. The zero-order chi connectivity index (χ0) is 21.5. The van der Waals surface area contributed by atoms with E-state index in [0.29, 0.717) is 11.3 Å². The molecule has 3 aromatic carbocycles. The molecule has 0 spiro atoms. The summed E-state index contributed by atoms with van der Waals surface area (Å²) < 4.78 is 40.7. The second-order valence-corrected chi connectivity index (χ2v) is 9.23. The van der Waals surface area contributed by atoms with Gasteiger partial charge in [-0.3, -0.25) is 4.90 Å². The Balaban J connectivity index is 1.81. The number of hydrogen-bond acceptors (Lipinski definition) is 3. The van der Waals surface area contributed by atoms with Gasteiger partial charge in [-0.05, 0) is 53.4 Å². The summed E-state index contributed by atoms with van der Waals surface area (Å²) in [5, 5.41) is 0. The fourth-order valence-corrected chi connectivity index (χ4v) is 5.07. The van der Waals surface area contributed by atoms with E-state index in [1.54, 1.807) is 42.5 Å². The highest BCUT2D eigenvalue weighted by Gasteiger charge is 2.42. The van der Waals surface area contributed by atoms with Crippen LogP contribution in [0.2, 0.25) is 0 Å². The van der Waals surface area contributed by atoms with Gasteiger partial charge in [0.05, 0.1) is 17.9 Å². The lowest BCUT2D eigenvalue weighted by Gasteiger charge is -2.36. The Kier molecular flexibility index (Phi) is 5.07. The van der Waals surface area contributed by atoms with E-state index in [-0.39, 0.29) is 28.9 Å². The van der Waals surface area contributed by atoms with Gasteiger partial charge in [0.2, 0.25) is 0 Å². The first-order valence-electron chi connectivity index (χ1n) is 9.59. The molecule has 0 N–H and O–H groups in total. The van der Waals surface area contributed by atoms with Gasteiger partial charge in [0.25, 0.3) is 10.0 Å². The van der Waals surface area contributed by atoms with Crippen LogP contribution in [0.3, 0.4) is 0 Å². The zero-order valence-corrected chi connectivity index (χ0v) is 17.4. The molecule has 4 rings (SSSR count).